The number of halogens is 1. The van der Waals surface area contributed by atoms with Gasteiger partial charge in [-0.2, -0.15) is 0 Å². The summed E-state index contributed by atoms with van der Waals surface area (Å²) in [5, 5.41) is 12.9. The van der Waals surface area contributed by atoms with Crippen LogP contribution in [0.2, 0.25) is 0 Å². The van der Waals surface area contributed by atoms with Gasteiger partial charge in [-0.25, -0.2) is 9.48 Å². The van der Waals surface area contributed by atoms with E-state index in [0.717, 1.165) is 4.47 Å². The Morgan fingerprint density at radius 1 is 1.40 bits per heavy atom. The van der Waals surface area contributed by atoms with Crippen LogP contribution in [-0.2, 0) is 7.05 Å². The third kappa shape index (κ3) is 3.80. The molecule has 106 valence electrons. The molecular weight excluding hydrogens is 322 g/mol. The van der Waals surface area contributed by atoms with Crippen LogP contribution in [-0.4, -0.2) is 27.6 Å². The molecule has 0 aliphatic heterocycles. The molecule has 0 saturated carbocycles. The molecule has 0 radical (unpaired) electrons. The second-order valence-electron chi connectivity index (χ2n) is 4.53. The first kappa shape index (κ1) is 14.5. The van der Waals surface area contributed by atoms with Crippen LogP contribution in [0, 0.1) is 0 Å². The molecule has 7 heteroatoms. The van der Waals surface area contributed by atoms with Crippen molar-refractivity contribution < 1.29 is 4.79 Å². The number of carbonyl (C=O) groups is 1. The molecule has 1 aromatic carbocycles. The van der Waals surface area contributed by atoms with Gasteiger partial charge >= 0.3 is 6.03 Å². The number of nitrogens with one attached hydrogen (secondary N) is 2. The van der Waals surface area contributed by atoms with Crippen molar-refractivity contribution in [2.45, 2.75) is 12.8 Å². The minimum Gasteiger partial charge on any atom is -0.337 e. The average molecular weight is 338 g/mol. The van der Waals surface area contributed by atoms with E-state index in [4.69, 9.17) is 0 Å². The Bertz CT molecular complexity index is 581. The molecule has 2 aromatic rings. The molecular formula is C13H16BrN5O. The van der Waals surface area contributed by atoms with E-state index in [1.807, 2.05) is 24.3 Å². The highest BCUT2D eigenvalue weighted by atomic mass is 79.9. The van der Waals surface area contributed by atoms with E-state index in [-0.39, 0.29) is 11.9 Å². The van der Waals surface area contributed by atoms with Gasteiger partial charge in [-0.15, -0.1) is 5.10 Å². The Labute approximate surface area is 125 Å². The largest absolute Gasteiger partial charge is 0.337 e. The highest BCUT2D eigenvalue weighted by molar-refractivity contribution is 9.10. The molecule has 1 unspecified atom stereocenters. The van der Waals surface area contributed by atoms with Crippen LogP contribution in [0.5, 0.6) is 0 Å². The van der Waals surface area contributed by atoms with E-state index in [0.29, 0.717) is 12.4 Å². The van der Waals surface area contributed by atoms with Gasteiger partial charge in [0.25, 0.3) is 0 Å². The third-order valence-electron chi connectivity index (χ3n) is 2.96. The van der Waals surface area contributed by atoms with Crippen LogP contribution >= 0.6 is 15.9 Å². The molecule has 6 nitrogen and oxygen atoms in total. The summed E-state index contributed by atoms with van der Waals surface area (Å²) in [4.78, 5) is 11.8. The van der Waals surface area contributed by atoms with E-state index >= 15 is 0 Å². The van der Waals surface area contributed by atoms with E-state index in [2.05, 4.69) is 43.8 Å². The normalized spacial score (nSPS) is 11.9. The number of amides is 2. The highest BCUT2D eigenvalue weighted by Gasteiger charge is 2.09. The van der Waals surface area contributed by atoms with Crippen LogP contribution < -0.4 is 10.6 Å². The summed E-state index contributed by atoms with van der Waals surface area (Å²) >= 11 is 3.40. The van der Waals surface area contributed by atoms with Gasteiger partial charge in [0.2, 0.25) is 0 Å². The van der Waals surface area contributed by atoms with E-state index in [1.54, 1.807) is 7.05 Å². The molecule has 2 amide bonds. The summed E-state index contributed by atoms with van der Waals surface area (Å²) in [7, 11) is 1.72. The Morgan fingerprint density at radius 3 is 2.70 bits per heavy atom. The first-order valence-electron chi connectivity index (χ1n) is 6.21. The van der Waals surface area contributed by atoms with Crippen molar-refractivity contribution in [3.05, 3.63) is 40.5 Å². The van der Waals surface area contributed by atoms with Gasteiger partial charge < -0.3 is 5.32 Å². The maximum absolute atomic E-state index is 11.8. The van der Waals surface area contributed by atoms with Gasteiger partial charge in [-0.3, -0.25) is 5.32 Å². The molecule has 20 heavy (non-hydrogen) atoms. The number of nitrogens with zero attached hydrogens (tertiary/aromatic N) is 3. The fourth-order valence-corrected chi connectivity index (χ4v) is 1.98. The number of aryl methyl sites for hydroxylation is 1. The zero-order valence-corrected chi connectivity index (χ0v) is 12.9. The molecule has 1 aromatic heterocycles. The molecule has 1 heterocycles. The second kappa shape index (κ2) is 6.51. The van der Waals surface area contributed by atoms with Gasteiger partial charge in [-0.05, 0) is 23.6 Å². The van der Waals surface area contributed by atoms with Crippen LogP contribution in [0.4, 0.5) is 10.6 Å². The van der Waals surface area contributed by atoms with Crippen molar-refractivity contribution in [1.82, 2.24) is 20.3 Å². The number of aromatic nitrogens is 3. The lowest BCUT2D eigenvalue weighted by Gasteiger charge is -2.13. The lowest BCUT2D eigenvalue weighted by Crippen LogP contribution is -2.32. The quantitative estimate of drug-likeness (QED) is 0.900. The molecule has 0 bridgehead atoms. The lowest BCUT2D eigenvalue weighted by atomic mass is 10.0. The molecule has 2 N–H and O–H groups in total. The molecule has 2 rings (SSSR count). The van der Waals surface area contributed by atoms with Crippen molar-refractivity contribution in [2.75, 3.05) is 11.9 Å². The fraction of sp³-hybridized carbons (Fsp3) is 0.308. The number of rotatable bonds is 4. The molecule has 0 saturated heterocycles. The number of hydrogen-bond acceptors (Lipinski definition) is 3. The molecule has 1 atom stereocenters. The Balaban J connectivity index is 1.84. The minimum absolute atomic E-state index is 0.235. The van der Waals surface area contributed by atoms with E-state index in [1.165, 1.54) is 16.4 Å². The summed E-state index contributed by atoms with van der Waals surface area (Å²) in [6, 6.07) is 7.80. The average Bonchev–Trinajstić information content (AvgIpc) is 2.82. The van der Waals surface area contributed by atoms with Crippen LogP contribution in [0.1, 0.15) is 18.4 Å². The zero-order valence-electron chi connectivity index (χ0n) is 11.3. The summed E-state index contributed by atoms with van der Waals surface area (Å²) < 4.78 is 2.54. The van der Waals surface area contributed by atoms with Crippen molar-refractivity contribution >= 4 is 27.8 Å². The summed E-state index contributed by atoms with van der Waals surface area (Å²) in [6.07, 6.45) is 1.50. The molecule has 0 spiro atoms. The number of hydrogen-bond donors (Lipinski definition) is 2. The summed E-state index contributed by atoms with van der Waals surface area (Å²) in [5.41, 5.74) is 1.18. The van der Waals surface area contributed by atoms with Gasteiger partial charge in [0.05, 0.1) is 6.20 Å². The van der Waals surface area contributed by atoms with Crippen LogP contribution in [0.15, 0.2) is 34.9 Å². The molecule has 0 aliphatic rings. The Hall–Kier alpha value is -1.89. The molecule has 0 fully saturated rings. The van der Waals surface area contributed by atoms with Gasteiger partial charge in [0.1, 0.15) is 0 Å². The monoisotopic (exact) mass is 337 g/mol. The topological polar surface area (TPSA) is 71.8 Å². The molecule has 0 aliphatic carbocycles. The van der Waals surface area contributed by atoms with E-state index < -0.39 is 0 Å². The maximum Gasteiger partial charge on any atom is 0.320 e. The van der Waals surface area contributed by atoms with Crippen molar-refractivity contribution in [1.29, 1.82) is 0 Å². The lowest BCUT2D eigenvalue weighted by molar-refractivity contribution is 0.251. The number of urea groups is 1. The smallest absolute Gasteiger partial charge is 0.320 e. The predicted molar refractivity (Wildman–Crippen MR) is 80.6 cm³/mol. The van der Waals surface area contributed by atoms with Crippen molar-refractivity contribution in [3.63, 3.8) is 0 Å². The van der Waals surface area contributed by atoms with Crippen LogP contribution in [0.25, 0.3) is 0 Å². The number of benzene rings is 1. The van der Waals surface area contributed by atoms with E-state index in [9.17, 15) is 4.79 Å². The Kier molecular flexibility index (Phi) is 4.73. The van der Waals surface area contributed by atoms with Gasteiger partial charge in [-0.1, -0.05) is 40.2 Å². The summed E-state index contributed by atoms with van der Waals surface area (Å²) in [6.45, 7) is 2.62. The number of anilines is 1. The van der Waals surface area contributed by atoms with Crippen molar-refractivity contribution in [2.24, 2.45) is 7.05 Å². The predicted octanol–water partition coefficient (Wildman–Crippen LogP) is 2.50. The standard InChI is InChI=1S/C13H16BrN5O/c1-9(10-3-5-11(14)6-4-10)7-15-13(20)17-12-8-16-18-19(12)2/h3-6,8-9H,7H2,1-2H3,(H2,15,17,20). The minimum atomic E-state index is -0.264. The Morgan fingerprint density at radius 2 is 2.10 bits per heavy atom. The number of carbonyl (C=O) groups excluding carboxylic acids is 1. The van der Waals surface area contributed by atoms with Crippen LogP contribution in [0.3, 0.4) is 0 Å². The first-order chi connectivity index (χ1) is 9.56. The van der Waals surface area contributed by atoms with Gasteiger partial charge in [0, 0.05) is 18.1 Å². The van der Waals surface area contributed by atoms with Crippen molar-refractivity contribution in [3.8, 4) is 0 Å². The maximum atomic E-state index is 11.8. The SMILES string of the molecule is CC(CNC(=O)Nc1cnnn1C)c1ccc(Br)cc1. The fourth-order valence-electron chi connectivity index (χ4n) is 1.72. The first-order valence-corrected chi connectivity index (χ1v) is 7.00. The zero-order chi connectivity index (χ0) is 14.5. The third-order valence-corrected chi connectivity index (χ3v) is 3.49. The second-order valence-corrected chi connectivity index (χ2v) is 5.45. The van der Waals surface area contributed by atoms with Gasteiger partial charge in [0.15, 0.2) is 5.82 Å². The summed E-state index contributed by atoms with van der Waals surface area (Å²) in [5.74, 6) is 0.789. The highest BCUT2D eigenvalue weighted by Crippen LogP contribution is 2.17.